The van der Waals surface area contributed by atoms with Crippen LogP contribution in [0.1, 0.15) is 6.42 Å². The average molecular weight is 146 g/mol. The molecule has 0 heterocycles. The fraction of sp³-hybridized carbons (Fsp3) is 0.200. The molecule has 1 aliphatic rings. The van der Waals surface area contributed by atoms with E-state index in [0.717, 1.165) is 6.42 Å². The van der Waals surface area contributed by atoms with Crippen molar-refractivity contribution in [3.63, 3.8) is 0 Å². The lowest BCUT2D eigenvalue weighted by Gasteiger charge is -2.10. The van der Waals surface area contributed by atoms with Gasteiger partial charge in [0, 0.05) is 11.5 Å². The summed E-state index contributed by atoms with van der Waals surface area (Å²) in [6, 6.07) is 0. The van der Waals surface area contributed by atoms with Crippen LogP contribution in [0.5, 0.6) is 0 Å². The van der Waals surface area contributed by atoms with E-state index in [0.29, 0.717) is 5.57 Å². The lowest BCUT2D eigenvalue weighted by atomic mass is 9.93. The summed E-state index contributed by atoms with van der Waals surface area (Å²) in [5.74, 6) is 2.11. The van der Waals surface area contributed by atoms with Gasteiger partial charge in [-0.05, 0) is 12.5 Å². The van der Waals surface area contributed by atoms with Gasteiger partial charge in [0.2, 0.25) is 0 Å². The van der Waals surface area contributed by atoms with E-state index >= 15 is 0 Å². The lowest BCUT2D eigenvalue weighted by Crippen LogP contribution is -2.00. The first-order valence-corrected chi connectivity index (χ1v) is 3.59. The molecule has 0 bridgehead atoms. The van der Waals surface area contributed by atoms with Gasteiger partial charge in [-0.25, -0.2) is 4.79 Å². The van der Waals surface area contributed by atoms with Gasteiger partial charge in [0.1, 0.15) is 5.94 Å². The molecule has 0 saturated carbocycles. The first kappa shape index (κ1) is 7.77. The Labute approximate surface area is 66.4 Å². The second kappa shape index (κ2) is 3.75. The number of hydrogen-bond acceptors (Lipinski definition) is 1. The summed E-state index contributed by atoms with van der Waals surface area (Å²) in [6.07, 6.45) is 10.2. The van der Waals surface area contributed by atoms with Crippen molar-refractivity contribution >= 4 is 5.94 Å². The highest BCUT2D eigenvalue weighted by molar-refractivity contribution is 5.60. The second-order valence-corrected chi connectivity index (χ2v) is 2.43. The van der Waals surface area contributed by atoms with E-state index in [4.69, 9.17) is 0 Å². The Balaban J connectivity index is 2.79. The molecule has 0 aromatic heterocycles. The van der Waals surface area contributed by atoms with Crippen LogP contribution in [0.25, 0.3) is 0 Å². The van der Waals surface area contributed by atoms with Crippen molar-refractivity contribution in [1.29, 1.82) is 0 Å². The van der Waals surface area contributed by atoms with E-state index in [2.05, 4.69) is 6.58 Å². The fourth-order valence-corrected chi connectivity index (χ4v) is 1.08. The maximum absolute atomic E-state index is 10.4. The summed E-state index contributed by atoms with van der Waals surface area (Å²) in [5.41, 5.74) is 0.715. The molecule has 11 heavy (non-hydrogen) atoms. The Morgan fingerprint density at radius 3 is 3.09 bits per heavy atom. The van der Waals surface area contributed by atoms with Gasteiger partial charge in [-0.3, -0.25) is 0 Å². The molecule has 1 unspecified atom stereocenters. The predicted octanol–water partition coefficient (Wildman–Crippen LogP) is 2.06. The molecule has 1 rings (SSSR count). The van der Waals surface area contributed by atoms with Crippen molar-refractivity contribution in [2.75, 3.05) is 0 Å². The first-order valence-electron chi connectivity index (χ1n) is 3.59. The third kappa shape index (κ3) is 1.79. The Morgan fingerprint density at radius 1 is 1.64 bits per heavy atom. The third-order valence-corrected chi connectivity index (χ3v) is 1.67. The summed E-state index contributed by atoms with van der Waals surface area (Å²) in [7, 11) is 0. The monoisotopic (exact) mass is 146 g/mol. The molecule has 0 aromatic carbocycles. The van der Waals surface area contributed by atoms with E-state index in [9.17, 15) is 4.79 Å². The molecular weight excluding hydrogens is 136 g/mol. The van der Waals surface area contributed by atoms with Crippen LogP contribution in [0.15, 0.2) is 42.5 Å². The van der Waals surface area contributed by atoms with Crippen LogP contribution in [-0.4, -0.2) is 5.94 Å². The quantitative estimate of drug-likeness (QED) is 0.430. The zero-order chi connectivity index (χ0) is 8.10. The van der Waals surface area contributed by atoms with Gasteiger partial charge in [0.25, 0.3) is 0 Å². The fourth-order valence-electron chi connectivity index (χ4n) is 1.08. The van der Waals surface area contributed by atoms with Gasteiger partial charge >= 0.3 is 0 Å². The topological polar surface area (TPSA) is 17.1 Å². The smallest absolute Gasteiger partial charge is 0.128 e. The van der Waals surface area contributed by atoms with E-state index < -0.39 is 0 Å². The first-order chi connectivity index (χ1) is 5.38. The largest absolute Gasteiger partial charge is 0.233 e. The van der Waals surface area contributed by atoms with Gasteiger partial charge in [0.15, 0.2) is 0 Å². The summed E-state index contributed by atoms with van der Waals surface area (Å²) < 4.78 is 0. The highest BCUT2D eigenvalue weighted by Gasteiger charge is 2.09. The van der Waals surface area contributed by atoms with Crippen molar-refractivity contribution in [2.45, 2.75) is 6.42 Å². The molecule has 1 aliphatic carbocycles. The molecule has 0 radical (unpaired) electrons. The van der Waals surface area contributed by atoms with Crippen molar-refractivity contribution in [1.82, 2.24) is 0 Å². The molecule has 1 heteroatoms. The third-order valence-electron chi connectivity index (χ3n) is 1.67. The summed E-state index contributed by atoms with van der Waals surface area (Å²) in [4.78, 5) is 10.4. The van der Waals surface area contributed by atoms with E-state index in [-0.39, 0.29) is 5.92 Å². The minimum atomic E-state index is 0.190. The van der Waals surface area contributed by atoms with Gasteiger partial charge in [-0.15, -0.1) is 6.58 Å². The molecule has 1 atom stereocenters. The SMILES string of the molecule is C=CCC1C=CC=CC1=C=O. The number of rotatable bonds is 2. The van der Waals surface area contributed by atoms with Crippen LogP contribution in [0.4, 0.5) is 0 Å². The van der Waals surface area contributed by atoms with Crippen LogP contribution in [0, 0.1) is 5.92 Å². The Morgan fingerprint density at radius 2 is 2.45 bits per heavy atom. The molecular formula is C10H10O. The lowest BCUT2D eigenvalue weighted by molar-refractivity contribution is 0.564. The van der Waals surface area contributed by atoms with Crippen LogP contribution in [-0.2, 0) is 4.79 Å². The zero-order valence-corrected chi connectivity index (χ0v) is 6.29. The predicted molar refractivity (Wildman–Crippen MR) is 45.8 cm³/mol. The van der Waals surface area contributed by atoms with E-state index in [1.54, 1.807) is 6.08 Å². The zero-order valence-electron chi connectivity index (χ0n) is 6.29. The summed E-state index contributed by atoms with van der Waals surface area (Å²) in [5, 5.41) is 0. The summed E-state index contributed by atoms with van der Waals surface area (Å²) in [6.45, 7) is 3.62. The van der Waals surface area contributed by atoms with Gasteiger partial charge in [-0.1, -0.05) is 24.3 Å². The Bertz CT molecular complexity index is 252. The minimum Gasteiger partial charge on any atom is -0.233 e. The maximum Gasteiger partial charge on any atom is 0.128 e. The van der Waals surface area contributed by atoms with Crippen molar-refractivity contribution in [3.8, 4) is 0 Å². The number of carbonyl (C=O) groups excluding carboxylic acids is 1. The second-order valence-electron chi connectivity index (χ2n) is 2.43. The van der Waals surface area contributed by atoms with Crippen LogP contribution < -0.4 is 0 Å². The molecule has 0 amide bonds. The van der Waals surface area contributed by atoms with Gasteiger partial charge in [-0.2, -0.15) is 0 Å². The normalized spacial score (nSPS) is 21.5. The molecule has 0 aromatic rings. The van der Waals surface area contributed by atoms with Crippen LogP contribution in [0.2, 0.25) is 0 Å². The van der Waals surface area contributed by atoms with Crippen LogP contribution in [0.3, 0.4) is 0 Å². The molecule has 0 fully saturated rings. The molecule has 0 aliphatic heterocycles. The molecule has 0 N–H and O–H groups in total. The van der Waals surface area contributed by atoms with Gasteiger partial charge in [0.05, 0.1) is 0 Å². The molecule has 0 saturated heterocycles. The van der Waals surface area contributed by atoms with Gasteiger partial charge < -0.3 is 0 Å². The van der Waals surface area contributed by atoms with Crippen molar-refractivity contribution < 1.29 is 4.79 Å². The Kier molecular flexibility index (Phi) is 2.65. The molecule has 1 nitrogen and oxygen atoms in total. The average Bonchev–Trinajstić information content (AvgIpc) is 2.06. The van der Waals surface area contributed by atoms with Crippen molar-refractivity contribution in [3.05, 3.63) is 42.5 Å². The standard InChI is InChI=1S/C10H10O/c1-2-5-9-6-3-4-7-10(9)8-11/h2-4,6-7,9H,1,5H2. The maximum atomic E-state index is 10.4. The van der Waals surface area contributed by atoms with E-state index in [1.807, 2.05) is 30.2 Å². The highest BCUT2D eigenvalue weighted by atomic mass is 16.1. The molecule has 0 spiro atoms. The highest BCUT2D eigenvalue weighted by Crippen LogP contribution is 2.19. The number of hydrogen-bond donors (Lipinski definition) is 0. The van der Waals surface area contributed by atoms with E-state index in [1.165, 1.54) is 0 Å². The van der Waals surface area contributed by atoms with Crippen molar-refractivity contribution in [2.24, 2.45) is 5.92 Å². The number of allylic oxidation sites excluding steroid dienone is 6. The summed E-state index contributed by atoms with van der Waals surface area (Å²) >= 11 is 0. The van der Waals surface area contributed by atoms with Crippen LogP contribution >= 0.6 is 0 Å². The minimum absolute atomic E-state index is 0.190. The Hall–Kier alpha value is -1.33. The molecule has 56 valence electrons.